The number of pyridine rings is 4. The number of hydrogen-bond acceptors (Lipinski definition) is 12. The summed E-state index contributed by atoms with van der Waals surface area (Å²) in [5.74, 6) is 0. The van der Waals surface area contributed by atoms with Crippen molar-refractivity contribution in [1.29, 1.82) is 0 Å². The lowest BCUT2D eigenvalue weighted by Gasteiger charge is -2.13. The van der Waals surface area contributed by atoms with E-state index in [0.717, 1.165) is 22.1 Å². The molecule has 0 unspecified atom stereocenters. The smallest absolute Gasteiger partial charge is 0.0805 e. The van der Waals surface area contributed by atoms with Gasteiger partial charge in [-0.1, -0.05) is 168 Å². The first-order valence-corrected chi connectivity index (χ1v) is 30.8. The molecule has 0 bridgehead atoms. The molecule has 440 valence electrons. The van der Waals surface area contributed by atoms with E-state index in [9.17, 15) is 0 Å². The van der Waals surface area contributed by atoms with E-state index < -0.39 is 0 Å². The Labute approximate surface area is 599 Å². The lowest BCUT2D eigenvalue weighted by molar-refractivity contribution is 1.18. The molecule has 0 aliphatic carbocycles. The van der Waals surface area contributed by atoms with E-state index in [1.54, 1.807) is 0 Å². The Balaban J connectivity index is 0.000000138. The minimum atomic E-state index is 0. The quantitative estimate of drug-likeness (QED) is 0.158. The summed E-state index contributed by atoms with van der Waals surface area (Å²) in [4.78, 5) is 31.9. The van der Waals surface area contributed by atoms with E-state index >= 15 is 0 Å². The molecule has 12 aromatic rings. The zero-order chi connectivity index (χ0) is 56.9. The van der Waals surface area contributed by atoms with Crippen molar-refractivity contribution in [3.63, 3.8) is 0 Å². The molecule has 0 atom stereocenters. The van der Waals surface area contributed by atoms with Crippen molar-refractivity contribution in [1.82, 2.24) is 19.9 Å². The maximum absolute atomic E-state index is 4.43. The van der Waals surface area contributed by atoms with Crippen molar-refractivity contribution in [2.45, 2.75) is 19.6 Å². The van der Waals surface area contributed by atoms with Gasteiger partial charge in [-0.3, -0.25) is 19.9 Å². The summed E-state index contributed by atoms with van der Waals surface area (Å²) in [5.41, 5.74) is 14.1. The van der Waals surface area contributed by atoms with E-state index in [1.807, 2.05) is 96.1 Å². The molecule has 0 fully saturated rings. The summed E-state index contributed by atoms with van der Waals surface area (Å²) in [7, 11) is 8.48. The van der Waals surface area contributed by atoms with Gasteiger partial charge in [0, 0.05) is 94.1 Å². The van der Waals surface area contributed by atoms with E-state index in [2.05, 4.69) is 286 Å². The van der Waals surface area contributed by atoms with E-state index in [-0.39, 0.29) is 95.9 Å². The van der Waals surface area contributed by atoms with Crippen LogP contribution >= 0.6 is 143 Å². The first-order valence-electron chi connectivity index (χ1n) is 27.6. The predicted molar refractivity (Wildman–Crippen MR) is 423 cm³/mol. The van der Waals surface area contributed by atoms with Crippen molar-refractivity contribution in [3.8, 4) is 0 Å². The molecule has 0 N–H and O–H groups in total. The first kappa shape index (κ1) is 66.3. The van der Waals surface area contributed by atoms with E-state index in [4.69, 9.17) is 0 Å². The minimum absolute atomic E-state index is 0. The van der Waals surface area contributed by atoms with Crippen LogP contribution in [0.3, 0.4) is 0 Å². The lowest BCUT2D eigenvalue weighted by Crippen LogP contribution is -2.09. The molecule has 16 heteroatoms. The Hall–Kier alpha value is -6.12. The fraction of sp³-hybridized carbons (Fsp3) is 0.0556. The van der Waals surface area contributed by atoms with Gasteiger partial charge < -0.3 is 19.6 Å². The lowest BCUT2D eigenvalue weighted by atomic mass is 10.1. The average molecular weight is 1670 g/mol. The van der Waals surface area contributed by atoms with Gasteiger partial charge in [-0.05, 0) is 144 Å². The highest BCUT2D eigenvalue weighted by Crippen LogP contribution is 2.49. The second kappa shape index (κ2) is 30.6. The van der Waals surface area contributed by atoms with Gasteiger partial charge in [0.05, 0.1) is 64.9 Å². The van der Waals surface area contributed by atoms with E-state index in [1.165, 1.54) is 106 Å². The summed E-state index contributed by atoms with van der Waals surface area (Å²) in [6.45, 7) is 0. The summed E-state index contributed by atoms with van der Waals surface area (Å²) in [6, 6.07) is 75.4. The number of fused-ring (bicyclic) bond motifs is 8. The van der Waals surface area contributed by atoms with Gasteiger partial charge in [0.15, 0.2) is 0 Å². The van der Waals surface area contributed by atoms with Gasteiger partial charge >= 0.3 is 0 Å². The molecule has 0 amide bonds. The second-order valence-corrected chi connectivity index (χ2v) is 24.4. The van der Waals surface area contributed by atoms with Crippen LogP contribution in [-0.2, 0) is 0 Å². The summed E-state index contributed by atoms with van der Waals surface area (Å²) in [5, 5.41) is 9.74. The molecule has 4 aromatic heterocycles. The van der Waals surface area contributed by atoms with Crippen LogP contribution in [0, 0.1) is 0 Å². The highest BCUT2D eigenvalue weighted by Gasteiger charge is 2.25. The number of para-hydroxylation sites is 8. The molecule has 0 spiro atoms. The molecule has 4 aliphatic rings. The topological polar surface area (TPSA) is 64.5 Å². The standard InChI is InChI=1S/4C18H14N2S.4HI/c4*1-20-16-8-4-5-9-17(16)21-18(20)12-13-10-11-19-15-7-3-2-6-14(13)15;;;;/h4*2-12H,1H3;4*1H. The highest BCUT2D eigenvalue weighted by molar-refractivity contribution is 14.0. The van der Waals surface area contributed by atoms with Crippen LogP contribution in [0.4, 0.5) is 22.7 Å². The maximum atomic E-state index is 4.43. The second-order valence-electron chi connectivity index (χ2n) is 20.1. The van der Waals surface area contributed by atoms with Crippen molar-refractivity contribution in [2.75, 3.05) is 47.8 Å². The van der Waals surface area contributed by atoms with Crippen LogP contribution < -0.4 is 19.6 Å². The van der Waals surface area contributed by atoms with Gasteiger partial charge in [0.25, 0.3) is 0 Å². The van der Waals surface area contributed by atoms with Gasteiger partial charge in [0.2, 0.25) is 0 Å². The number of anilines is 4. The molecular formula is C72H60I4N8S4. The Morgan fingerprint density at radius 3 is 0.659 bits per heavy atom. The molecule has 0 saturated heterocycles. The summed E-state index contributed by atoms with van der Waals surface area (Å²) >= 11 is 7.26. The molecule has 88 heavy (non-hydrogen) atoms. The maximum Gasteiger partial charge on any atom is 0.0805 e. The van der Waals surface area contributed by atoms with Crippen molar-refractivity contribution in [3.05, 3.63) is 286 Å². The number of benzene rings is 8. The largest absolute Gasteiger partial charge is 0.338 e. The fourth-order valence-electron chi connectivity index (χ4n) is 10.5. The summed E-state index contributed by atoms with van der Waals surface area (Å²) in [6.07, 6.45) is 16.5. The number of thioether (sulfide) groups is 4. The van der Waals surface area contributed by atoms with Crippen LogP contribution in [-0.4, -0.2) is 48.1 Å². The van der Waals surface area contributed by atoms with Crippen LogP contribution in [0.5, 0.6) is 0 Å². The van der Waals surface area contributed by atoms with Crippen molar-refractivity contribution in [2.24, 2.45) is 0 Å². The average Bonchev–Trinajstić information content (AvgIpc) is 3.40. The molecule has 0 radical (unpaired) electrons. The SMILES string of the molecule is CN1C(=Cc2ccnc3ccccc23)Sc2ccccc21.CN1C(=Cc2ccnc3ccccc23)Sc2ccccc21.CN1C(=Cc2ccnc3ccccc23)Sc2ccccc21.CN1C(=Cc2ccnc3ccccc23)Sc2ccccc21.I.I.I.I. The van der Waals surface area contributed by atoms with Gasteiger partial charge in [-0.25, -0.2) is 0 Å². The molecule has 4 aliphatic heterocycles. The van der Waals surface area contributed by atoms with Crippen LogP contribution in [0.2, 0.25) is 0 Å². The van der Waals surface area contributed by atoms with Crippen LogP contribution in [0.1, 0.15) is 22.3 Å². The fourth-order valence-corrected chi connectivity index (χ4v) is 14.9. The number of rotatable bonds is 4. The Morgan fingerprint density at radius 2 is 0.443 bits per heavy atom. The van der Waals surface area contributed by atoms with Crippen LogP contribution in [0.15, 0.2) is 283 Å². The van der Waals surface area contributed by atoms with Crippen LogP contribution in [0.25, 0.3) is 67.9 Å². The Kier molecular flexibility index (Phi) is 23.1. The molecule has 0 saturated carbocycles. The third-order valence-electron chi connectivity index (χ3n) is 14.9. The predicted octanol–water partition coefficient (Wildman–Crippen LogP) is 21.6. The van der Waals surface area contributed by atoms with Crippen molar-refractivity contribution < 1.29 is 0 Å². The number of hydrogen-bond donors (Lipinski definition) is 0. The third-order valence-corrected chi connectivity index (χ3v) is 19.6. The zero-order valence-electron chi connectivity index (χ0n) is 48.2. The van der Waals surface area contributed by atoms with Gasteiger partial charge in [-0.15, -0.1) is 95.9 Å². The number of aromatic nitrogens is 4. The molecule has 16 rings (SSSR count). The van der Waals surface area contributed by atoms with Gasteiger partial charge in [-0.2, -0.15) is 0 Å². The third kappa shape index (κ3) is 14.4. The molecule has 8 aromatic carbocycles. The Bertz CT molecular complexity index is 4000. The zero-order valence-corrected chi connectivity index (χ0v) is 60.8. The van der Waals surface area contributed by atoms with Gasteiger partial charge in [0.1, 0.15) is 0 Å². The van der Waals surface area contributed by atoms with Crippen molar-refractivity contribution >= 4 is 234 Å². The number of halogens is 4. The number of nitrogens with zero attached hydrogens (tertiary/aromatic N) is 8. The summed E-state index contributed by atoms with van der Waals surface area (Å²) < 4.78 is 0. The monoisotopic (exact) mass is 1670 g/mol. The minimum Gasteiger partial charge on any atom is -0.338 e. The first-order chi connectivity index (χ1) is 41.3. The molecule has 8 nitrogen and oxygen atoms in total. The van der Waals surface area contributed by atoms with E-state index in [0.29, 0.717) is 0 Å². The highest BCUT2D eigenvalue weighted by atomic mass is 127. The molecular weight excluding hydrogens is 1610 g/mol. The Morgan fingerprint density at radius 1 is 0.250 bits per heavy atom. The normalized spacial score (nSPS) is 15.0. The molecule has 8 heterocycles.